The molecule has 0 aliphatic carbocycles. The normalized spacial score (nSPS) is 20.6. The van der Waals surface area contributed by atoms with E-state index < -0.39 is 0 Å². The quantitative estimate of drug-likeness (QED) is 0.806. The predicted octanol–water partition coefficient (Wildman–Crippen LogP) is 2.93. The Morgan fingerprint density at radius 1 is 1.56 bits per heavy atom. The maximum atomic E-state index is 11.9. The number of carbonyl (C=O) groups excluding carboxylic acids is 1. The van der Waals surface area contributed by atoms with Crippen LogP contribution in [0.1, 0.15) is 12.0 Å². The average Bonchev–Trinajstić information content (AvgIpc) is 2.63. The zero-order valence-electron chi connectivity index (χ0n) is 9.11. The van der Waals surface area contributed by atoms with E-state index in [1.165, 1.54) is 0 Å². The lowest BCUT2D eigenvalue weighted by Gasteiger charge is -2.19. The third-order valence-corrected chi connectivity index (χ3v) is 3.68. The predicted molar refractivity (Wildman–Crippen MR) is 70.5 cm³/mol. The van der Waals surface area contributed by atoms with Gasteiger partial charge in [0.25, 0.3) is 0 Å². The van der Waals surface area contributed by atoms with Crippen LogP contribution in [-0.4, -0.2) is 18.2 Å². The summed E-state index contributed by atoms with van der Waals surface area (Å²) in [6.45, 7) is 2.75. The Labute approximate surface area is 106 Å². The molecule has 1 unspecified atom stereocenters. The number of carbonyl (C=O) groups is 1. The van der Waals surface area contributed by atoms with E-state index >= 15 is 0 Å². The number of anilines is 1. The zero-order chi connectivity index (χ0) is 11.7. The first kappa shape index (κ1) is 11.8. The average molecular weight is 256 g/mol. The number of hydrogen-bond donors (Lipinski definition) is 1. The zero-order valence-corrected chi connectivity index (χ0v) is 10.8. The molecule has 16 heavy (non-hydrogen) atoms. The Morgan fingerprint density at radius 3 is 2.94 bits per heavy atom. The Bertz CT molecular complexity index is 421. The molecule has 86 valence electrons. The van der Waals surface area contributed by atoms with Crippen molar-refractivity contribution in [1.82, 2.24) is 0 Å². The molecule has 4 heteroatoms. The third kappa shape index (κ3) is 2.20. The van der Waals surface area contributed by atoms with Crippen LogP contribution in [0, 0.1) is 12.8 Å². The largest absolute Gasteiger partial charge is 0.312 e. The minimum atomic E-state index is 0.171. The van der Waals surface area contributed by atoms with E-state index in [9.17, 15) is 4.79 Å². The number of hydrogen-bond acceptors (Lipinski definition) is 2. The lowest BCUT2D eigenvalue weighted by atomic mass is 10.1. The van der Waals surface area contributed by atoms with Gasteiger partial charge in [-0.1, -0.05) is 17.7 Å². The summed E-state index contributed by atoms with van der Waals surface area (Å²) in [7, 11) is 0. The van der Waals surface area contributed by atoms with E-state index in [0.29, 0.717) is 17.4 Å². The highest BCUT2D eigenvalue weighted by atomic mass is 35.5. The van der Waals surface area contributed by atoms with Crippen molar-refractivity contribution in [1.29, 1.82) is 0 Å². The highest BCUT2D eigenvalue weighted by molar-refractivity contribution is 7.80. The molecule has 1 heterocycles. The molecular weight excluding hydrogens is 242 g/mol. The number of rotatable bonds is 2. The summed E-state index contributed by atoms with van der Waals surface area (Å²) in [5.74, 6) is 1.28. The number of amides is 1. The summed E-state index contributed by atoms with van der Waals surface area (Å²) in [5, 5.41) is 0.669. The van der Waals surface area contributed by atoms with Crippen molar-refractivity contribution in [2.75, 3.05) is 17.2 Å². The maximum absolute atomic E-state index is 11.9. The second kappa shape index (κ2) is 4.68. The van der Waals surface area contributed by atoms with Crippen LogP contribution in [0.15, 0.2) is 18.2 Å². The molecule has 1 fully saturated rings. The van der Waals surface area contributed by atoms with Crippen molar-refractivity contribution in [3.05, 3.63) is 28.8 Å². The highest BCUT2D eigenvalue weighted by Gasteiger charge is 2.30. The Kier molecular flexibility index (Phi) is 3.45. The first-order chi connectivity index (χ1) is 7.61. The Hall–Kier alpha value is -0.670. The molecule has 1 aromatic rings. The molecule has 1 saturated heterocycles. The van der Waals surface area contributed by atoms with Gasteiger partial charge in [-0.15, -0.1) is 0 Å². The Morgan fingerprint density at radius 2 is 2.31 bits per heavy atom. The van der Waals surface area contributed by atoms with Gasteiger partial charge in [-0.25, -0.2) is 0 Å². The summed E-state index contributed by atoms with van der Waals surface area (Å²) in [4.78, 5) is 13.7. The standard InChI is InChI=1S/C12H14ClNOS/c1-8-2-3-10(13)5-11(8)14-6-9(7-16)4-12(14)15/h2-3,5,9,16H,4,6-7H2,1H3. The molecule has 0 radical (unpaired) electrons. The Balaban J connectivity index is 2.30. The molecule has 2 nitrogen and oxygen atoms in total. The van der Waals surface area contributed by atoms with E-state index in [1.54, 1.807) is 0 Å². The van der Waals surface area contributed by atoms with Gasteiger partial charge in [-0.3, -0.25) is 4.79 Å². The first-order valence-corrected chi connectivity index (χ1v) is 6.30. The van der Waals surface area contributed by atoms with Crippen LogP contribution in [0.3, 0.4) is 0 Å². The van der Waals surface area contributed by atoms with Crippen LogP contribution in [0.4, 0.5) is 5.69 Å². The van der Waals surface area contributed by atoms with Gasteiger partial charge in [0.15, 0.2) is 0 Å². The summed E-state index contributed by atoms with van der Waals surface area (Å²) < 4.78 is 0. The number of aryl methyl sites for hydroxylation is 1. The minimum Gasteiger partial charge on any atom is -0.312 e. The fourth-order valence-electron chi connectivity index (χ4n) is 2.01. The van der Waals surface area contributed by atoms with Gasteiger partial charge in [0.2, 0.25) is 5.91 Å². The molecule has 0 aromatic heterocycles. The van der Waals surface area contributed by atoms with Gasteiger partial charge in [-0.2, -0.15) is 12.6 Å². The van der Waals surface area contributed by atoms with Crippen molar-refractivity contribution in [2.45, 2.75) is 13.3 Å². The minimum absolute atomic E-state index is 0.171. The molecule has 1 atom stereocenters. The summed E-state index contributed by atoms with van der Waals surface area (Å²) >= 11 is 10.2. The summed E-state index contributed by atoms with van der Waals surface area (Å²) in [6.07, 6.45) is 0.593. The molecule has 1 amide bonds. The lowest BCUT2D eigenvalue weighted by molar-refractivity contribution is -0.117. The fraction of sp³-hybridized carbons (Fsp3) is 0.417. The molecule has 0 N–H and O–H groups in total. The van der Waals surface area contributed by atoms with Gasteiger partial charge < -0.3 is 4.90 Å². The van der Waals surface area contributed by atoms with Crippen LogP contribution < -0.4 is 4.90 Å². The number of nitrogens with zero attached hydrogens (tertiary/aromatic N) is 1. The van der Waals surface area contributed by atoms with Crippen LogP contribution >= 0.6 is 24.2 Å². The van der Waals surface area contributed by atoms with Gasteiger partial charge in [0.1, 0.15) is 0 Å². The van der Waals surface area contributed by atoms with Crippen LogP contribution in [0.5, 0.6) is 0 Å². The molecule has 1 aromatic carbocycles. The fourth-order valence-corrected chi connectivity index (χ4v) is 2.42. The molecular formula is C12H14ClNOS. The molecule has 0 saturated carbocycles. The number of thiol groups is 1. The van der Waals surface area contributed by atoms with E-state index in [-0.39, 0.29) is 5.91 Å². The number of benzene rings is 1. The molecule has 1 aliphatic heterocycles. The third-order valence-electron chi connectivity index (χ3n) is 2.93. The van der Waals surface area contributed by atoms with Crippen LogP contribution in [0.25, 0.3) is 0 Å². The van der Waals surface area contributed by atoms with Crippen molar-refractivity contribution in [3.8, 4) is 0 Å². The maximum Gasteiger partial charge on any atom is 0.227 e. The SMILES string of the molecule is Cc1ccc(Cl)cc1N1CC(CS)CC1=O. The molecule has 1 aliphatic rings. The van der Waals surface area contributed by atoms with E-state index in [0.717, 1.165) is 23.5 Å². The highest BCUT2D eigenvalue weighted by Crippen LogP contribution is 2.30. The molecule has 0 spiro atoms. The number of halogens is 1. The monoisotopic (exact) mass is 255 g/mol. The van der Waals surface area contributed by atoms with Gasteiger partial charge >= 0.3 is 0 Å². The molecule has 2 rings (SSSR count). The van der Waals surface area contributed by atoms with Crippen molar-refractivity contribution in [2.24, 2.45) is 5.92 Å². The van der Waals surface area contributed by atoms with Crippen molar-refractivity contribution < 1.29 is 4.79 Å². The van der Waals surface area contributed by atoms with Crippen molar-refractivity contribution in [3.63, 3.8) is 0 Å². The topological polar surface area (TPSA) is 20.3 Å². The second-order valence-corrected chi connectivity index (χ2v) is 4.99. The lowest BCUT2D eigenvalue weighted by Crippen LogP contribution is -2.25. The van der Waals surface area contributed by atoms with Gasteiger partial charge in [0, 0.05) is 23.7 Å². The molecule has 0 bridgehead atoms. The van der Waals surface area contributed by atoms with Crippen molar-refractivity contribution >= 4 is 35.8 Å². The van der Waals surface area contributed by atoms with E-state index in [1.807, 2.05) is 30.0 Å². The van der Waals surface area contributed by atoms with E-state index in [2.05, 4.69) is 12.6 Å². The van der Waals surface area contributed by atoms with Crippen LogP contribution in [0.2, 0.25) is 5.02 Å². The van der Waals surface area contributed by atoms with E-state index in [4.69, 9.17) is 11.6 Å². The summed E-state index contributed by atoms with van der Waals surface area (Å²) in [6, 6.07) is 5.64. The smallest absolute Gasteiger partial charge is 0.227 e. The van der Waals surface area contributed by atoms with Crippen LogP contribution in [-0.2, 0) is 4.79 Å². The summed E-state index contributed by atoms with van der Waals surface area (Å²) in [5.41, 5.74) is 2.01. The van der Waals surface area contributed by atoms with Gasteiger partial charge in [0.05, 0.1) is 0 Å². The van der Waals surface area contributed by atoms with Gasteiger partial charge in [-0.05, 0) is 36.3 Å². The second-order valence-electron chi connectivity index (χ2n) is 4.19. The first-order valence-electron chi connectivity index (χ1n) is 5.29.